The van der Waals surface area contributed by atoms with E-state index in [0.29, 0.717) is 6.04 Å². The molecule has 0 spiro atoms. The largest absolute Gasteiger partial charge is 0.306 e. The van der Waals surface area contributed by atoms with E-state index in [1.165, 1.54) is 11.1 Å². The van der Waals surface area contributed by atoms with Crippen molar-refractivity contribution in [3.8, 4) is 0 Å². The van der Waals surface area contributed by atoms with E-state index in [2.05, 4.69) is 58.5 Å². The second-order valence-corrected chi connectivity index (χ2v) is 5.78. The Morgan fingerprint density at radius 3 is 2.42 bits per heavy atom. The van der Waals surface area contributed by atoms with Crippen molar-refractivity contribution in [3.05, 3.63) is 69.2 Å². The van der Waals surface area contributed by atoms with Gasteiger partial charge in [0.05, 0.1) is 0 Å². The van der Waals surface area contributed by atoms with E-state index in [0.717, 1.165) is 22.5 Å². The van der Waals surface area contributed by atoms with Gasteiger partial charge in [-0.2, -0.15) is 0 Å². The first-order chi connectivity index (χ1) is 9.20. The van der Waals surface area contributed by atoms with Crippen molar-refractivity contribution in [2.45, 2.75) is 25.9 Å². The SMILES string of the molecule is CCC(NCc1ccccc1Br)c1ccc(Cl)cc1. The van der Waals surface area contributed by atoms with Gasteiger partial charge in [-0.05, 0) is 35.7 Å². The summed E-state index contributed by atoms with van der Waals surface area (Å²) in [5.74, 6) is 0. The summed E-state index contributed by atoms with van der Waals surface area (Å²) in [7, 11) is 0. The number of hydrogen-bond acceptors (Lipinski definition) is 1. The molecule has 1 unspecified atom stereocenters. The lowest BCUT2D eigenvalue weighted by molar-refractivity contribution is 0.518. The Labute approximate surface area is 128 Å². The summed E-state index contributed by atoms with van der Waals surface area (Å²) >= 11 is 9.50. The lowest BCUT2D eigenvalue weighted by Crippen LogP contribution is -2.20. The lowest BCUT2D eigenvalue weighted by atomic mass is 10.0. The number of hydrogen-bond donors (Lipinski definition) is 1. The molecule has 100 valence electrons. The van der Waals surface area contributed by atoms with Gasteiger partial charge >= 0.3 is 0 Å². The van der Waals surface area contributed by atoms with Crippen LogP contribution < -0.4 is 5.32 Å². The minimum absolute atomic E-state index is 0.351. The van der Waals surface area contributed by atoms with Crippen LogP contribution in [0.15, 0.2) is 53.0 Å². The molecule has 1 nitrogen and oxygen atoms in total. The number of rotatable bonds is 5. The normalized spacial score (nSPS) is 12.4. The fourth-order valence-corrected chi connectivity index (χ4v) is 2.62. The Kier molecular flexibility index (Phi) is 5.44. The third-order valence-corrected chi connectivity index (χ3v) is 4.20. The second-order valence-electron chi connectivity index (χ2n) is 4.48. The van der Waals surface area contributed by atoms with Crippen molar-refractivity contribution in [3.63, 3.8) is 0 Å². The molecule has 2 aromatic rings. The summed E-state index contributed by atoms with van der Waals surface area (Å²) < 4.78 is 1.15. The van der Waals surface area contributed by atoms with Gasteiger partial charge in [0.1, 0.15) is 0 Å². The summed E-state index contributed by atoms with van der Waals surface area (Å²) in [6, 6.07) is 16.7. The van der Waals surface area contributed by atoms with Crippen LogP contribution in [0.25, 0.3) is 0 Å². The summed E-state index contributed by atoms with van der Waals surface area (Å²) in [6.07, 6.45) is 1.05. The van der Waals surface area contributed by atoms with Crippen molar-refractivity contribution in [1.29, 1.82) is 0 Å². The van der Waals surface area contributed by atoms with E-state index >= 15 is 0 Å². The molecule has 3 heteroatoms. The summed E-state index contributed by atoms with van der Waals surface area (Å²) in [6.45, 7) is 3.04. The molecule has 0 amide bonds. The van der Waals surface area contributed by atoms with E-state index in [1.807, 2.05) is 18.2 Å². The molecule has 0 bridgehead atoms. The van der Waals surface area contributed by atoms with Crippen LogP contribution in [0.3, 0.4) is 0 Å². The molecule has 0 heterocycles. The molecule has 0 aliphatic rings. The van der Waals surface area contributed by atoms with Crippen LogP contribution in [0.1, 0.15) is 30.5 Å². The van der Waals surface area contributed by atoms with Crippen LogP contribution in [0.4, 0.5) is 0 Å². The molecule has 0 saturated heterocycles. The molecule has 2 rings (SSSR count). The highest BCUT2D eigenvalue weighted by molar-refractivity contribution is 9.10. The lowest BCUT2D eigenvalue weighted by Gasteiger charge is -2.18. The minimum atomic E-state index is 0.351. The van der Waals surface area contributed by atoms with Crippen LogP contribution in [0, 0.1) is 0 Å². The summed E-state index contributed by atoms with van der Waals surface area (Å²) in [5.41, 5.74) is 2.55. The van der Waals surface area contributed by atoms with E-state index in [4.69, 9.17) is 11.6 Å². The molecule has 0 aromatic heterocycles. The number of nitrogens with one attached hydrogen (secondary N) is 1. The maximum atomic E-state index is 5.93. The maximum Gasteiger partial charge on any atom is 0.0406 e. The predicted molar refractivity (Wildman–Crippen MR) is 85.5 cm³/mol. The molecule has 0 aliphatic carbocycles. The third-order valence-electron chi connectivity index (χ3n) is 3.18. The molecule has 19 heavy (non-hydrogen) atoms. The predicted octanol–water partition coefficient (Wildman–Crippen LogP) is 5.34. The zero-order valence-electron chi connectivity index (χ0n) is 10.9. The van der Waals surface area contributed by atoms with E-state index < -0.39 is 0 Å². The fraction of sp³-hybridized carbons (Fsp3) is 0.250. The molecule has 1 atom stereocenters. The number of benzene rings is 2. The Balaban J connectivity index is 2.04. The Hall–Kier alpha value is -0.830. The van der Waals surface area contributed by atoms with Gasteiger partial charge in [0.25, 0.3) is 0 Å². The van der Waals surface area contributed by atoms with E-state index in [9.17, 15) is 0 Å². The first-order valence-electron chi connectivity index (χ1n) is 6.43. The standard InChI is InChI=1S/C16H17BrClN/c1-2-16(12-7-9-14(18)10-8-12)19-11-13-5-3-4-6-15(13)17/h3-10,16,19H,2,11H2,1H3. The van der Waals surface area contributed by atoms with Gasteiger partial charge in [0.2, 0.25) is 0 Å². The first kappa shape index (κ1) is 14.6. The van der Waals surface area contributed by atoms with Gasteiger partial charge in [-0.3, -0.25) is 0 Å². The summed E-state index contributed by atoms with van der Waals surface area (Å²) in [5, 5.41) is 4.37. The highest BCUT2D eigenvalue weighted by Gasteiger charge is 2.09. The van der Waals surface area contributed by atoms with Crippen LogP contribution in [-0.4, -0.2) is 0 Å². The van der Waals surface area contributed by atoms with Crippen LogP contribution in [-0.2, 0) is 6.54 Å². The number of halogens is 2. The zero-order valence-corrected chi connectivity index (χ0v) is 13.2. The van der Waals surface area contributed by atoms with Gasteiger partial charge in [0, 0.05) is 22.1 Å². The Bertz CT molecular complexity index is 525. The smallest absolute Gasteiger partial charge is 0.0406 e. The molecule has 0 aliphatic heterocycles. The molecule has 0 saturated carbocycles. The first-order valence-corrected chi connectivity index (χ1v) is 7.60. The molecule has 0 fully saturated rings. The van der Waals surface area contributed by atoms with Crippen molar-refractivity contribution in [1.82, 2.24) is 5.32 Å². The van der Waals surface area contributed by atoms with Crippen LogP contribution >= 0.6 is 27.5 Å². The summed E-state index contributed by atoms with van der Waals surface area (Å²) in [4.78, 5) is 0. The highest BCUT2D eigenvalue weighted by atomic mass is 79.9. The van der Waals surface area contributed by atoms with Crippen molar-refractivity contribution in [2.75, 3.05) is 0 Å². The third kappa shape index (κ3) is 4.07. The average Bonchev–Trinajstić information content (AvgIpc) is 2.43. The monoisotopic (exact) mass is 337 g/mol. The van der Waals surface area contributed by atoms with Crippen molar-refractivity contribution < 1.29 is 0 Å². The van der Waals surface area contributed by atoms with Crippen LogP contribution in [0.2, 0.25) is 5.02 Å². The van der Waals surface area contributed by atoms with E-state index in [1.54, 1.807) is 0 Å². The Morgan fingerprint density at radius 2 is 1.79 bits per heavy atom. The minimum Gasteiger partial charge on any atom is -0.306 e. The molecule has 1 N–H and O–H groups in total. The molecule has 0 radical (unpaired) electrons. The van der Waals surface area contributed by atoms with Gasteiger partial charge in [-0.25, -0.2) is 0 Å². The van der Waals surface area contributed by atoms with Crippen LogP contribution in [0.5, 0.6) is 0 Å². The van der Waals surface area contributed by atoms with Crippen molar-refractivity contribution in [2.24, 2.45) is 0 Å². The fourth-order valence-electron chi connectivity index (χ4n) is 2.07. The maximum absolute atomic E-state index is 5.93. The molecular weight excluding hydrogens is 322 g/mol. The Morgan fingerprint density at radius 1 is 1.11 bits per heavy atom. The second kappa shape index (κ2) is 7.09. The topological polar surface area (TPSA) is 12.0 Å². The van der Waals surface area contributed by atoms with Gasteiger partial charge < -0.3 is 5.32 Å². The van der Waals surface area contributed by atoms with E-state index in [-0.39, 0.29) is 0 Å². The van der Waals surface area contributed by atoms with Gasteiger partial charge in [-0.1, -0.05) is 64.8 Å². The van der Waals surface area contributed by atoms with Crippen molar-refractivity contribution >= 4 is 27.5 Å². The van der Waals surface area contributed by atoms with Gasteiger partial charge in [-0.15, -0.1) is 0 Å². The quantitative estimate of drug-likeness (QED) is 0.775. The highest BCUT2D eigenvalue weighted by Crippen LogP contribution is 2.21. The molecule has 2 aromatic carbocycles. The van der Waals surface area contributed by atoms with Gasteiger partial charge in [0.15, 0.2) is 0 Å². The zero-order chi connectivity index (χ0) is 13.7. The average molecular weight is 339 g/mol. The molecular formula is C16H17BrClN.